The lowest BCUT2D eigenvalue weighted by Crippen LogP contribution is -2.49. The summed E-state index contributed by atoms with van der Waals surface area (Å²) >= 11 is 0. The number of aliphatic carboxylic acids is 1. The Morgan fingerprint density at radius 3 is 2.40 bits per heavy atom. The molecule has 20 heavy (non-hydrogen) atoms. The van der Waals surface area contributed by atoms with Gasteiger partial charge in [-0.3, -0.25) is 4.79 Å². The van der Waals surface area contributed by atoms with Crippen LogP contribution in [0.25, 0.3) is 0 Å². The Bertz CT molecular complexity index is 399. The van der Waals surface area contributed by atoms with E-state index in [2.05, 4.69) is 5.32 Å². The van der Waals surface area contributed by atoms with E-state index in [-0.39, 0.29) is 6.04 Å². The van der Waals surface area contributed by atoms with Crippen LogP contribution in [0.2, 0.25) is 0 Å². The number of carboxylic acids is 1. The van der Waals surface area contributed by atoms with Gasteiger partial charge in [-0.1, -0.05) is 6.92 Å². The van der Waals surface area contributed by atoms with Gasteiger partial charge in [0, 0.05) is 19.1 Å². The third-order valence-corrected chi connectivity index (χ3v) is 3.52. The van der Waals surface area contributed by atoms with Crippen LogP contribution < -0.4 is 11.1 Å². The first-order valence-corrected chi connectivity index (χ1v) is 6.45. The van der Waals surface area contributed by atoms with Gasteiger partial charge in [-0.25, -0.2) is 9.59 Å². The monoisotopic (exact) mass is 286 g/mol. The van der Waals surface area contributed by atoms with Gasteiger partial charge in [0.1, 0.15) is 6.04 Å². The summed E-state index contributed by atoms with van der Waals surface area (Å²) in [6, 6.07) is -1.52. The molecule has 0 saturated carbocycles. The molecule has 3 atom stereocenters. The molecule has 0 aliphatic carbocycles. The van der Waals surface area contributed by atoms with Crippen molar-refractivity contribution in [2.45, 2.75) is 25.4 Å². The second-order valence-electron chi connectivity index (χ2n) is 5.42. The normalized spacial score (nSPS) is 23.7. The van der Waals surface area contributed by atoms with Gasteiger partial charge in [0.2, 0.25) is 5.91 Å². The fraction of sp³-hybridized carbons (Fsp3) is 0.750. The van der Waals surface area contributed by atoms with Crippen molar-refractivity contribution >= 4 is 17.9 Å². The molecule has 0 bridgehead atoms. The van der Waals surface area contributed by atoms with Crippen molar-refractivity contribution in [3.8, 4) is 0 Å². The first-order chi connectivity index (χ1) is 9.22. The van der Waals surface area contributed by atoms with Gasteiger partial charge in [-0.15, -0.1) is 0 Å². The maximum atomic E-state index is 12.0. The van der Waals surface area contributed by atoms with Crippen molar-refractivity contribution < 1.29 is 19.5 Å². The van der Waals surface area contributed by atoms with E-state index in [4.69, 9.17) is 10.8 Å². The third kappa shape index (κ3) is 4.09. The fourth-order valence-electron chi connectivity index (χ4n) is 2.43. The molecule has 2 unspecified atom stereocenters. The molecule has 0 aromatic heterocycles. The molecule has 0 aromatic carbocycles. The number of likely N-dealkylation sites (N-methyl/N-ethyl adjacent to an activating group) is 1. The SMILES string of the molecule is CC1CN(C(=O)N[C@@H](CC(N)=O)C(=O)O)CC1N(C)C. The number of hydrogen-bond donors (Lipinski definition) is 3. The molecule has 8 nitrogen and oxygen atoms in total. The van der Waals surface area contributed by atoms with Crippen molar-refractivity contribution in [2.24, 2.45) is 11.7 Å². The quantitative estimate of drug-likeness (QED) is 0.593. The predicted octanol–water partition coefficient (Wildman–Crippen LogP) is -1.09. The Morgan fingerprint density at radius 1 is 1.40 bits per heavy atom. The predicted molar refractivity (Wildman–Crippen MR) is 72.0 cm³/mol. The molecule has 1 rings (SSSR count). The first kappa shape index (κ1) is 16.2. The van der Waals surface area contributed by atoms with Crippen molar-refractivity contribution in [1.29, 1.82) is 0 Å². The van der Waals surface area contributed by atoms with E-state index < -0.39 is 30.4 Å². The number of nitrogens with zero attached hydrogens (tertiary/aromatic N) is 2. The van der Waals surface area contributed by atoms with Crippen LogP contribution in [0.3, 0.4) is 0 Å². The number of carbonyl (C=O) groups is 3. The number of likely N-dealkylation sites (tertiary alicyclic amines) is 1. The highest BCUT2D eigenvalue weighted by Crippen LogP contribution is 2.19. The summed E-state index contributed by atoms with van der Waals surface area (Å²) in [6.45, 7) is 3.12. The van der Waals surface area contributed by atoms with E-state index in [1.54, 1.807) is 4.90 Å². The van der Waals surface area contributed by atoms with E-state index in [1.807, 2.05) is 25.9 Å². The molecule has 0 spiro atoms. The minimum Gasteiger partial charge on any atom is -0.480 e. The highest BCUT2D eigenvalue weighted by molar-refractivity contribution is 5.87. The lowest BCUT2D eigenvalue weighted by Gasteiger charge is -2.23. The Labute approximate surface area is 117 Å². The highest BCUT2D eigenvalue weighted by atomic mass is 16.4. The van der Waals surface area contributed by atoms with Crippen LogP contribution in [0.1, 0.15) is 13.3 Å². The van der Waals surface area contributed by atoms with Gasteiger partial charge in [0.05, 0.1) is 6.42 Å². The number of hydrogen-bond acceptors (Lipinski definition) is 4. The smallest absolute Gasteiger partial charge is 0.326 e. The van der Waals surface area contributed by atoms with Gasteiger partial charge >= 0.3 is 12.0 Å². The van der Waals surface area contributed by atoms with Crippen molar-refractivity contribution in [3.05, 3.63) is 0 Å². The zero-order valence-electron chi connectivity index (χ0n) is 12.0. The molecule has 3 amide bonds. The van der Waals surface area contributed by atoms with Crippen LogP contribution in [0.15, 0.2) is 0 Å². The average Bonchev–Trinajstić information content (AvgIpc) is 2.69. The van der Waals surface area contributed by atoms with Crippen LogP contribution in [-0.2, 0) is 9.59 Å². The number of nitrogens with two attached hydrogens (primary N) is 1. The summed E-state index contributed by atoms with van der Waals surface area (Å²) in [5, 5.41) is 11.3. The summed E-state index contributed by atoms with van der Waals surface area (Å²) in [5.74, 6) is -1.73. The molecule has 8 heteroatoms. The van der Waals surface area contributed by atoms with Crippen LogP contribution in [-0.4, -0.2) is 72.1 Å². The highest BCUT2D eigenvalue weighted by Gasteiger charge is 2.35. The van der Waals surface area contributed by atoms with Crippen LogP contribution in [0, 0.1) is 5.92 Å². The zero-order chi connectivity index (χ0) is 15.4. The summed E-state index contributed by atoms with van der Waals surface area (Å²) in [5.41, 5.74) is 4.97. The van der Waals surface area contributed by atoms with Crippen molar-refractivity contribution in [1.82, 2.24) is 15.1 Å². The number of nitrogens with one attached hydrogen (secondary N) is 1. The average molecular weight is 286 g/mol. The molecule has 1 aliphatic heterocycles. The molecule has 0 radical (unpaired) electrons. The molecular formula is C12H22N4O4. The Hall–Kier alpha value is -1.83. The van der Waals surface area contributed by atoms with E-state index in [0.29, 0.717) is 19.0 Å². The van der Waals surface area contributed by atoms with Gasteiger partial charge in [0.25, 0.3) is 0 Å². The molecule has 1 aliphatic rings. The van der Waals surface area contributed by atoms with Gasteiger partial charge in [-0.05, 0) is 20.0 Å². The fourth-order valence-corrected chi connectivity index (χ4v) is 2.43. The standard InChI is InChI=1S/C12H22N4O4/c1-7-5-16(6-9(7)15(2)3)12(20)14-8(11(18)19)4-10(13)17/h7-9H,4-6H2,1-3H3,(H2,13,17)(H,14,20)(H,18,19)/t7?,8-,9?/m0/s1. The summed E-state index contributed by atoms with van der Waals surface area (Å²) in [6.07, 6.45) is -0.415. The summed E-state index contributed by atoms with van der Waals surface area (Å²) in [4.78, 5) is 37.4. The van der Waals surface area contributed by atoms with Crippen molar-refractivity contribution in [2.75, 3.05) is 27.2 Å². The Morgan fingerprint density at radius 2 is 2.00 bits per heavy atom. The van der Waals surface area contributed by atoms with Gasteiger partial charge in [-0.2, -0.15) is 0 Å². The second-order valence-corrected chi connectivity index (χ2v) is 5.42. The molecule has 0 aromatic rings. The topological polar surface area (TPSA) is 116 Å². The minimum atomic E-state index is -1.28. The molecule has 1 heterocycles. The molecule has 1 fully saturated rings. The maximum absolute atomic E-state index is 12.0. The summed E-state index contributed by atoms with van der Waals surface area (Å²) < 4.78 is 0. The molecular weight excluding hydrogens is 264 g/mol. The number of amides is 3. The van der Waals surface area contributed by atoms with E-state index in [0.717, 1.165) is 0 Å². The number of urea groups is 1. The third-order valence-electron chi connectivity index (χ3n) is 3.52. The maximum Gasteiger partial charge on any atom is 0.326 e. The number of rotatable bonds is 5. The van der Waals surface area contributed by atoms with Crippen molar-refractivity contribution in [3.63, 3.8) is 0 Å². The first-order valence-electron chi connectivity index (χ1n) is 6.45. The molecule has 1 saturated heterocycles. The molecule has 114 valence electrons. The van der Waals surface area contributed by atoms with Gasteiger partial charge in [0.15, 0.2) is 0 Å². The van der Waals surface area contributed by atoms with Crippen LogP contribution >= 0.6 is 0 Å². The molecule has 4 N–H and O–H groups in total. The number of carboxylic acid groups (broad SMARTS) is 1. The zero-order valence-corrected chi connectivity index (χ0v) is 12.0. The second kappa shape index (κ2) is 6.56. The van der Waals surface area contributed by atoms with E-state index in [9.17, 15) is 14.4 Å². The number of primary amides is 1. The van der Waals surface area contributed by atoms with Crippen LogP contribution in [0.5, 0.6) is 0 Å². The van der Waals surface area contributed by atoms with Crippen LogP contribution in [0.4, 0.5) is 4.79 Å². The van der Waals surface area contributed by atoms with E-state index in [1.165, 1.54) is 0 Å². The lowest BCUT2D eigenvalue weighted by atomic mass is 10.1. The lowest BCUT2D eigenvalue weighted by molar-refractivity contribution is -0.140. The van der Waals surface area contributed by atoms with Gasteiger partial charge < -0.3 is 26.0 Å². The largest absolute Gasteiger partial charge is 0.480 e. The Kier molecular flexibility index (Phi) is 5.32. The summed E-state index contributed by atoms with van der Waals surface area (Å²) in [7, 11) is 3.88. The minimum absolute atomic E-state index is 0.236. The number of carbonyl (C=O) groups excluding carboxylic acids is 2. The Balaban J connectivity index is 2.62. The van der Waals surface area contributed by atoms with E-state index >= 15 is 0 Å².